The summed E-state index contributed by atoms with van der Waals surface area (Å²) in [6, 6.07) is 8.13. The summed E-state index contributed by atoms with van der Waals surface area (Å²) < 4.78 is 14.7. The number of aromatic nitrogens is 2. The lowest BCUT2D eigenvalue weighted by atomic mass is 9.93. The monoisotopic (exact) mass is 344 g/mol. The van der Waals surface area contributed by atoms with Crippen molar-refractivity contribution in [3.8, 4) is 5.69 Å². The molecule has 0 spiro atoms. The van der Waals surface area contributed by atoms with Crippen LogP contribution in [-0.2, 0) is 11.2 Å². The Bertz CT molecular complexity index is 677. The molecule has 5 nitrogen and oxygen atoms in total. The Morgan fingerprint density at radius 1 is 1.24 bits per heavy atom. The minimum atomic E-state index is -0.261. The van der Waals surface area contributed by atoms with E-state index in [0.717, 1.165) is 30.9 Å². The third-order valence-corrected chi connectivity index (χ3v) is 4.68. The van der Waals surface area contributed by atoms with Crippen molar-refractivity contribution >= 4 is 5.91 Å². The molecule has 25 heavy (non-hydrogen) atoms. The van der Waals surface area contributed by atoms with Crippen LogP contribution in [0.5, 0.6) is 0 Å². The molecule has 134 valence electrons. The molecule has 3 rings (SSSR count). The van der Waals surface area contributed by atoms with Crippen molar-refractivity contribution in [1.29, 1.82) is 0 Å². The number of nitrogens with one attached hydrogen (secondary N) is 2. The Labute approximate surface area is 147 Å². The van der Waals surface area contributed by atoms with Crippen LogP contribution in [0.2, 0.25) is 0 Å². The minimum Gasteiger partial charge on any atom is -0.356 e. The van der Waals surface area contributed by atoms with Crippen LogP contribution in [0.25, 0.3) is 5.69 Å². The van der Waals surface area contributed by atoms with E-state index in [9.17, 15) is 9.18 Å². The van der Waals surface area contributed by atoms with Gasteiger partial charge in [0.1, 0.15) is 5.82 Å². The highest BCUT2D eigenvalue weighted by Gasteiger charge is 2.14. The summed E-state index contributed by atoms with van der Waals surface area (Å²) in [6.45, 7) is 2.73. The van der Waals surface area contributed by atoms with Crippen molar-refractivity contribution in [2.24, 2.45) is 5.92 Å². The fourth-order valence-electron chi connectivity index (χ4n) is 3.16. The SMILES string of the molecule is O=C(CCC1CCNCC1)NCCc1ccn(-c2ccc(F)cc2)n1. The maximum Gasteiger partial charge on any atom is 0.220 e. The number of carbonyl (C=O) groups excluding carboxylic acids is 1. The largest absolute Gasteiger partial charge is 0.356 e. The Morgan fingerprint density at radius 3 is 2.76 bits per heavy atom. The second kappa shape index (κ2) is 8.76. The van der Waals surface area contributed by atoms with Gasteiger partial charge in [-0.3, -0.25) is 4.79 Å². The average Bonchev–Trinajstić information content (AvgIpc) is 3.10. The van der Waals surface area contributed by atoms with Crippen molar-refractivity contribution in [3.05, 3.63) is 48.0 Å². The Hall–Kier alpha value is -2.21. The predicted octanol–water partition coefficient (Wildman–Crippen LogP) is 2.45. The molecule has 2 N–H and O–H groups in total. The number of benzene rings is 1. The zero-order valence-electron chi connectivity index (χ0n) is 14.4. The van der Waals surface area contributed by atoms with Crippen LogP contribution in [-0.4, -0.2) is 35.3 Å². The Kier molecular flexibility index (Phi) is 6.17. The summed E-state index contributed by atoms with van der Waals surface area (Å²) in [5.41, 5.74) is 1.72. The van der Waals surface area contributed by atoms with E-state index in [1.165, 1.54) is 25.0 Å². The Morgan fingerprint density at radius 2 is 2.00 bits per heavy atom. The maximum atomic E-state index is 13.0. The Balaban J connectivity index is 1.38. The van der Waals surface area contributed by atoms with Crippen LogP contribution in [0, 0.1) is 11.7 Å². The summed E-state index contributed by atoms with van der Waals surface area (Å²) in [6.07, 6.45) is 6.47. The smallest absolute Gasteiger partial charge is 0.220 e. The lowest BCUT2D eigenvalue weighted by Crippen LogP contribution is -2.30. The number of carbonyl (C=O) groups is 1. The van der Waals surface area contributed by atoms with Crippen molar-refractivity contribution < 1.29 is 9.18 Å². The van der Waals surface area contributed by atoms with Crippen LogP contribution in [0.1, 0.15) is 31.4 Å². The van der Waals surface area contributed by atoms with Gasteiger partial charge in [-0.2, -0.15) is 5.10 Å². The van der Waals surface area contributed by atoms with Crippen molar-refractivity contribution in [1.82, 2.24) is 20.4 Å². The zero-order chi connectivity index (χ0) is 17.5. The molecule has 1 aromatic carbocycles. The quantitative estimate of drug-likeness (QED) is 0.811. The predicted molar refractivity (Wildman–Crippen MR) is 95.1 cm³/mol. The first kappa shape index (κ1) is 17.6. The molecule has 1 saturated heterocycles. The average molecular weight is 344 g/mol. The van der Waals surface area contributed by atoms with Gasteiger partial charge in [0.2, 0.25) is 5.91 Å². The van der Waals surface area contributed by atoms with Crippen molar-refractivity contribution in [2.75, 3.05) is 19.6 Å². The molecule has 0 radical (unpaired) electrons. The minimum absolute atomic E-state index is 0.122. The second-order valence-electron chi connectivity index (χ2n) is 6.56. The van der Waals surface area contributed by atoms with E-state index in [4.69, 9.17) is 0 Å². The summed E-state index contributed by atoms with van der Waals surface area (Å²) in [5, 5.41) is 10.8. The molecule has 1 fully saturated rings. The van der Waals surface area contributed by atoms with Gasteiger partial charge >= 0.3 is 0 Å². The third kappa shape index (κ3) is 5.39. The number of piperidine rings is 1. The molecular weight excluding hydrogens is 319 g/mol. The highest BCUT2D eigenvalue weighted by molar-refractivity contribution is 5.75. The molecule has 2 aromatic rings. The van der Waals surface area contributed by atoms with Crippen LogP contribution in [0.3, 0.4) is 0 Å². The van der Waals surface area contributed by atoms with Gasteiger partial charge in [-0.15, -0.1) is 0 Å². The van der Waals surface area contributed by atoms with Gasteiger partial charge in [-0.25, -0.2) is 9.07 Å². The normalized spacial score (nSPS) is 15.2. The molecule has 0 bridgehead atoms. The molecule has 1 aliphatic rings. The van der Waals surface area contributed by atoms with Gasteiger partial charge in [-0.1, -0.05) is 0 Å². The van der Waals surface area contributed by atoms with Crippen LogP contribution in [0.15, 0.2) is 36.5 Å². The zero-order valence-corrected chi connectivity index (χ0v) is 14.4. The van der Waals surface area contributed by atoms with E-state index in [2.05, 4.69) is 15.7 Å². The van der Waals surface area contributed by atoms with Gasteiger partial charge < -0.3 is 10.6 Å². The molecule has 0 saturated carbocycles. The molecule has 0 aliphatic carbocycles. The number of nitrogens with zero attached hydrogens (tertiary/aromatic N) is 2. The summed E-state index contributed by atoms with van der Waals surface area (Å²) in [7, 11) is 0. The van der Waals surface area contributed by atoms with E-state index in [0.29, 0.717) is 25.3 Å². The summed E-state index contributed by atoms with van der Waals surface area (Å²) in [5.74, 6) is 0.540. The topological polar surface area (TPSA) is 59.0 Å². The number of hydrogen-bond donors (Lipinski definition) is 2. The van der Waals surface area contributed by atoms with E-state index in [1.807, 2.05) is 12.3 Å². The molecule has 6 heteroatoms. The molecule has 0 atom stereocenters. The first-order chi connectivity index (χ1) is 12.2. The standard InChI is InChI=1S/C19H25FN4O/c20-16-2-4-18(5-3-16)24-14-10-17(23-24)9-13-22-19(25)6-1-15-7-11-21-12-8-15/h2-5,10,14-15,21H,1,6-9,11-13H2,(H,22,25). The highest BCUT2D eigenvalue weighted by atomic mass is 19.1. The number of amides is 1. The first-order valence-electron chi connectivity index (χ1n) is 8.98. The molecule has 1 amide bonds. The fraction of sp³-hybridized carbons (Fsp3) is 0.474. The van der Waals surface area contributed by atoms with E-state index in [-0.39, 0.29) is 11.7 Å². The van der Waals surface area contributed by atoms with E-state index < -0.39 is 0 Å². The number of halogens is 1. The molecule has 1 aliphatic heterocycles. The fourth-order valence-corrected chi connectivity index (χ4v) is 3.16. The van der Waals surface area contributed by atoms with Crippen molar-refractivity contribution in [2.45, 2.75) is 32.1 Å². The van der Waals surface area contributed by atoms with E-state index in [1.54, 1.807) is 16.8 Å². The molecule has 1 aromatic heterocycles. The highest BCUT2D eigenvalue weighted by Crippen LogP contribution is 2.17. The summed E-state index contributed by atoms with van der Waals surface area (Å²) >= 11 is 0. The maximum absolute atomic E-state index is 13.0. The van der Waals surface area contributed by atoms with Gasteiger partial charge in [0.15, 0.2) is 0 Å². The van der Waals surface area contributed by atoms with Gasteiger partial charge in [0.25, 0.3) is 0 Å². The lowest BCUT2D eigenvalue weighted by Gasteiger charge is -2.22. The van der Waals surface area contributed by atoms with Crippen LogP contribution >= 0.6 is 0 Å². The van der Waals surface area contributed by atoms with Crippen LogP contribution < -0.4 is 10.6 Å². The van der Waals surface area contributed by atoms with Gasteiger partial charge in [0, 0.05) is 25.6 Å². The van der Waals surface area contributed by atoms with Crippen molar-refractivity contribution in [3.63, 3.8) is 0 Å². The lowest BCUT2D eigenvalue weighted by molar-refractivity contribution is -0.121. The molecule has 2 heterocycles. The van der Waals surface area contributed by atoms with Gasteiger partial charge in [-0.05, 0) is 68.6 Å². The number of hydrogen-bond acceptors (Lipinski definition) is 3. The van der Waals surface area contributed by atoms with Crippen LogP contribution in [0.4, 0.5) is 4.39 Å². The van der Waals surface area contributed by atoms with E-state index >= 15 is 0 Å². The van der Waals surface area contributed by atoms with Gasteiger partial charge in [0.05, 0.1) is 11.4 Å². The molecular formula is C19H25FN4O. The second-order valence-corrected chi connectivity index (χ2v) is 6.56. The third-order valence-electron chi connectivity index (χ3n) is 4.68. The first-order valence-corrected chi connectivity index (χ1v) is 8.98. The number of rotatable bonds is 7. The molecule has 0 unspecified atom stereocenters. The summed E-state index contributed by atoms with van der Waals surface area (Å²) in [4.78, 5) is 11.9.